The average Bonchev–Trinajstić information content (AvgIpc) is 3.63. The molecule has 0 bridgehead atoms. The van der Waals surface area contributed by atoms with Gasteiger partial charge in [-0.05, 0) is 25.7 Å². The summed E-state index contributed by atoms with van der Waals surface area (Å²) in [6, 6.07) is 0. The number of hydrogen-bond acceptors (Lipinski definition) is 13. The lowest BCUT2D eigenvalue weighted by Crippen LogP contribution is -2.50. The van der Waals surface area contributed by atoms with Gasteiger partial charge in [-0.25, -0.2) is 0 Å². The van der Waals surface area contributed by atoms with Gasteiger partial charge in [0.15, 0.2) is 0 Å². The van der Waals surface area contributed by atoms with Crippen LogP contribution in [0.1, 0.15) is 362 Å². The Morgan fingerprint density at radius 1 is 0.264 bits per heavy atom. The van der Waals surface area contributed by atoms with Gasteiger partial charge in [-0.2, -0.15) is 0 Å². The maximum absolute atomic E-state index is 13.0. The van der Waals surface area contributed by atoms with Crippen LogP contribution in [0.2, 0.25) is 0 Å². The molecule has 1 N–H and O–H groups in total. The summed E-state index contributed by atoms with van der Waals surface area (Å²) in [5.74, 6) is -0.583. The Labute approximate surface area is 564 Å². The average molecular weight is 1290 g/mol. The second-order valence-electron chi connectivity index (χ2n) is 27.6. The minimum absolute atomic E-state index is 0.141. The van der Waals surface area contributed by atoms with Crippen LogP contribution in [0.25, 0.3) is 0 Å². The van der Waals surface area contributed by atoms with Crippen LogP contribution >= 0.6 is 0 Å². The molecular weight excluding hydrogens is 1130 g/mol. The molecular formula is C78H153N5O8. The molecule has 1 heterocycles. The summed E-state index contributed by atoms with van der Waals surface area (Å²) in [6.07, 6.45) is 62.7. The Morgan fingerprint density at radius 3 is 0.714 bits per heavy atom. The van der Waals surface area contributed by atoms with Crippen molar-refractivity contribution in [2.24, 2.45) is 0 Å². The molecule has 1 rings (SSSR count). The normalized spacial score (nSPS) is 13.0. The van der Waals surface area contributed by atoms with Gasteiger partial charge in [0.25, 0.3) is 0 Å². The van der Waals surface area contributed by atoms with Gasteiger partial charge in [-0.1, -0.05) is 310 Å². The molecule has 91 heavy (non-hydrogen) atoms. The van der Waals surface area contributed by atoms with Crippen molar-refractivity contribution < 1.29 is 38.1 Å². The zero-order valence-corrected chi connectivity index (χ0v) is 61.1. The standard InChI is InChI=1S/C78H153N5O8/c1-5-9-13-17-21-25-29-33-37-41-45-49-71-88-75(84)53-59-80(60-54-76(85)89-72-50-46-42-38-34-30-26-22-18-14-10-6-2)63-57-79-58-64-82-66-69-83(70-67-82)68-65-81(61-55-77(86)90-73-51-47-43-39-35-31-27-23-19-15-11-7-3)62-56-78(87)91-74-52-48-44-40-36-32-28-24-20-16-12-8-4/h79H,5-74H2,1-4H3. The maximum Gasteiger partial charge on any atom is 0.307 e. The number of esters is 4. The van der Waals surface area contributed by atoms with Crippen molar-refractivity contribution >= 4 is 23.9 Å². The van der Waals surface area contributed by atoms with E-state index in [2.05, 4.69) is 52.6 Å². The molecule has 1 saturated heterocycles. The number of unbranched alkanes of at least 4 members (excludes halogenated alkanes) is 44. The summed E-state index contributed by atoms with van der Waals surface area (Å²) in [5, 5.41) is 3.66. The van der Waals surface area contributed by atoms with Crippen LogP contribution in [0.4, 0.5) is 0 Å². The van der Waals surface area contributed by atoms with E-state index in [-0.39, 0.29) is 23.9 Å². The van der Waals surface area contributed by atoms with Crippen molar-refractivity contribution in [2.45, 2.75) is 362 Å². The second-order valence-corrected chi connectivity index (χ2v) is 27.6. The monoisotopic (exact) mass is 1290 g/mol. The lowest BCUT2D eigenvalue weighted by atomic mass is 10.1. The topological polar surface area (TPSA) is 130 Å². The van der Waals surface area contributed by atoms with Gasteiger partial charge in [0.2, 0.25) is 0 Å². The predicted octanol–water partition coefficient (Wildman–Crippen LogP) is 19.3. The smallest absolute Gasteiger partial charge is 0.307 e. The molecule has 13 heteroatoms. The highest BCUT2D eigenvalue weighted by atomic mass is 16.5. The highest BCUT2D eigenvalue weighted by Gasteiger charge is 2.20. The molecule has 0 aromatic carbocycles. The largest absolute Gasteiger partial charge is 0.466 e. The molecule has 0 unspecified atom stereocenters. The molecule has 0 aromatic heterocycles. The Bertz CT molecular complexity index is 1460. The maximum atomic E-state index is 13.0. The highest BCUT2D eigenvalue weighted by molar-refractivity contribution is 5.71. The van der Waals surface area contributed by atoms with E-state index in [0.29, 0.717) is 78.3 Å². The molecule has 1 fully saturated rings. The fraction of sp³-hybridized carbons (Fsp3) is 0.949. The molecule has 1 aliphatic heterocycles. The third-order valence-electron chi connectivity index (χ3n) is 19.0. The first kappa shape index (κ1) is 86.7. The van der Waals surface area contributed by atoms with E-state index in [1.54, 1.807) is 0 Å². The van der Waals surface area contributed by atoms with Crippen LogP contribution in [0.3, 0.4) is 0 Å². The van der Waals surface area contributed by atoms with Crippen LogP contribution < -0.4 is 5.32 Å². The number of piperazine rings is 1. The van der Waals surface area contributed by atoms with Crippen LogP contribution in [-0.4, -0.2) is 162 Å². The number of carbonyl (C=O) groups excluding carboxylic acids is 4. The van der Waals surface area contributed by atoms with E-state index < -0.39 is 0 Å². The quantitative estimate of drug-likeness (QED) is 0.0353. The Balaban J connectivity index is 2.56. The van der Waals surface area contributed by atoms with Crippen LogP contribution in [0, 0.1) is 0 Å². The van der Waals surface area contributed by atoms with Gasteiger partial charge in [-0.15, -0.1) is 0 Å². The minimum Gasteiger partial charge on any atom is -0.466 e. The Morgan fingerprint density at radius 2 is 0.473 bits per heavy atom. The molecule has 0 aliphatic carbocycles. The van der Waals surface area contributed by atoms with Crippen LogP contribution in [-0.2, 0) is 38.1 Å². The molecule has 0 aromatic rings. The number of nitrogens with one attached hydrogen (secondary N) is 1. The molecule has 538 valence electrons. The zero-order valence-electron chi connectivity index (χ0n) is 61.1. The van der Waals surface area contributed by atoms with Crippen LogP contribution in [0.5, 0.6) is 0 Å². The lowest BCUT2D eigenvalue weighted by Gasteiger charge is -2.36. The minimum atomic E-state index is -0.150. The van der Waals surface area contributed by atoms with E-state index in [9.17, 15) is 19.2 Å². The van der Waals surface area contributed by atoms with Crippen molar-refractivity contribution in [3.63, 3.8) is 0 Å². The number of hydrogen-bond donors (Lipinski definition) is 1. The molecule has 0 radical (unpaired) electrons. The molecule has 0 atom stereocenters. The van der Waals surface area contributed by atoms with Crippen molar-refractivity contribution in [3.8, 4) is 0 Å². The van der Waals surface area contributed by atoms with E-state index >= 15 is 0 Å². The molecule has 0 spiro atoms. The molecule has 13 nitrogen and oxygen atoms in total. The first-order valence-corrected chi connectivity index (χ1v) is 40.0. The van der Waals surface area contributed by atoms with E-state index in [0.717, 1.165) is 117 Å². The fourth-order valence-corrected chi connectivity index (χ4v) is 12.6. The number of carbonyl (C=O) groups is 4. The van der Waals surface area contributed by atoms with Gasteiger partial charge in [0, 0.05) is 91.6 Å². The fourth-order valence-electron chi connectivity index (χ4n) is 12.6. The summed E-state index contributed by atoms with van der Waals surface area (Å²) in [6.45, 7) is 22.4. The van der Waals surface area contributed by atoms with Crippen LogP contribution in [0.15, 0.2) is 0 Å². The summed E-state index contributed by atoms with van der Waals surface area (Å²) in [5.41, 5.74) is 0. The van der Waals surface area contributed by atoms with E-state index in [1.807, 2.05) is 0 Å². The van der Waals surface area contributed by atoms with Crippen molar-refractivity contribution in [1.82, 2.24) is 24.9 Å². The molecule has 1 aliphatic rings. The number of rotatable bonds is 73. The van der Waals surface area contributed by atoms with Gasteiger partial charge in [0.05, 0.1) is 52.1 Å². The summed E-state index contributed by atoms with van der Waals surface area (Å²) < 4.78 is 22.8. The first-order chi connectivity index (χ1) is 44.8. The van der Waals surface area contributed by atoms with E-state index in [4.69, 9.17) is 18.9 Å². The third kappa shape index (κ3) is 63.5. The summed E-state index contributed by atoms with van der Waals surface area (Å²) in [7, 11) is 0. The Kier molecular flexibility index (Phi) is 67.1. The molecule has 0 amide bonds. The highest BCUT2D eigenvalue weighted by Crippen LogP contribution is 2.17. The number of ether oxygens (including phenoxy) is 4. The third-order valence-corrected chi connectivity index (χ3v) is 19.0. The Hall–Kier alpha value is -2.32. The predicted molar refractivity (Wildman–Crippen MR) is 385 cm³/mol. The number of nitrogens with zero attached hydrogens (tertiary/aromatic N) is 4. The van der Waals surface area contributed by atoms with Gasteiger partial charge < -0.3 is 34.1 Å². The summed E-state index contributed by atoms with van der Waals surface area (Å²) in [4.78, 5) is 61.2. The molecule has 0 saturated carbocycles. The first-order valence-electron chi connectivity index (χ1n) is 40.0. The van der Waals surface area contributed by atoms with Gasteiger partial charge >= 0.3 is 23.9 Å². The van der Waals surface area contributed by atoms with Crippen molar-refractivity contribution in [1.29, 1.82) is 0 Å². The second kappa shape index (κ2) is 70.5. The van der Waals surface area contributed by atoms with Gasteiger partial charge in [-0.3, -0.25) is 29.0 Å². The SMILES string of the molecule is CCCCCCCCCCCCCCOC(=O)CCN(CCNCCN1CCN(CCN(CCC(=O)OCCCCCCCCCCCCCC)CCC(=O)OCCCCCCCCCCCCCC)CC1)CCC(=O)OCCCCCCCCCCCCCC. The van der Waals surface area contributed by atoms with Crippen molar-refractivity contribution in [3.05, 3.63) is 0 Å². The lowest BCUT2D eigenvalue weighted by molar-refractivity contribution is -0.146. The van der Waals surface area contributed by atoms with Crippen molar-refractivity contribution in [2.75, 3.05) is 118 Å². The zero-order chi connectivity index (χ0) is 65.7. The van der Waals surface area contributed by atoms with Gasteiger partial charge in [0.1, 0.15) is 0 Å². The van der Waals surface area contributed by atoms with E-state index in [1.165, 1.54) is 257 Å². The summed E-state index contributed by atoms with van der Waals surface area (Å²) >= 11 is 0.